The predicted octanol–water partition coefficient (Wildman–Crippen LogP) is 3.26. The largest absolute Gasteiger partial charge is 0.479 e. The zero-order chi connectivity index (χ0) is 27.6. The Kier molecular flexibility index (Phi) is 7.88. The Bertz CT molecular complexity index is 1350. The van der Waals surface area contributed by atoms with E-state index >= 15 is 0 Å². The molecule has 2 aromatic heterocycles. The van der Waals surface area contributed by atoms with E-state index in [1.807, 2.05) is 6.07 Å². The molecule has 1 aliphatic heterocycles. The van der Waals surface area contributed by atoms with Crippen molar-refractivity contribution in [1.82, 2.24) is 24.6 Å². The summed E-state index contributed by atoms with van der Waals surface area (Å²) >= 11 is 0. The molecular weight excluding hydrogens is 525 g/mol. The summed E-state index contributed by atoms with van der Waals surface area (Å²) in [7, 11) is -2.38. The van der Waals surface area contributed by atoms with E-state index in [2.05, 4.69) is 31.7 Å². The molecule has 0 bridgehead atoms. The van der Waals surface area contributed by atoms with Gasteiger partial charge in [0.2, 0.25) is 11.8 Å². The number of nitrogens with two attached hydrogens (primary N) is 1. The number of imidazole rings is 1. The third-order valence-electron chi connectivity index (χ3n) is 7.27. The molecule has 14 heteroatoms. The number of methoxy groups -OCH3 is 1. The van der Waals surface area contributed by atoms with Crippen molar-refractivity contribution in [1.29, 1.82) is 0 Å². The molecule has 39 heavy (non-hydrogen) atoms. The first-order valence-electron chi connectivity index (χ1n) is 12.9. The standard InChI is InChI=1S/C25H34N7O6P/c1-25(27-2)20(33)18(37-23(25)32-15-28-19-21(32)29-24(26)30-22(19)35-3)14-36-39(34,31-16-10-6-4-7-11-16)38-17-12-8-5-9-13-17/h5,8-9,12-13,15-16,18,20,23,33H,2,4,6-7,10-11,14H2,1,3H3,(H,31,34)(H2,26,29,30)/t18-,20-,23-,25-,39?/m1/s1. The van der Waals surface area contributed by atoms with Gasteiger partial charge in [0.05, 0.1) is 20.0 Å². The Balaban J connectivity index is 1.39. The van der Waals surface area contributed by atoms with Gasteiger partial charge in [-0.1, -0.05) is 37.5 Å². The Morgan fingerprint density at radius 2 is 2.03 bits per heavy atom. The fourth-order valence-corrected chi connectivity index (χ4v) is 6.73. The van der Waals surface area contributed by atoms with E-state index in [0.29, 0.717) is 16.9 Å². The van der Waals surface area contributed by atoms with Gasteiger partial charge in [0.15, 0.2) is 17.4 Å². The first kappa shape index (κ1) is 27.5. The molecule has 1 aromatic carbocycles. The van der Waals surface area contributed by atoms with Gasteiger partial charge in [-0.15, -0.1) is 0 Å². The van der Waals surface area contributed by atoms with Gasteiger partial charge in [-0.05, 0) is 38.6 Å². The van der Waals surface area contributed by atoms with Crippen LogP contribution in [-0.4, -0.2) is 68.8 Å². The van der Waals surface area contributed by atoms with E-state index in [-0.39, 0.29) is 24.5 Å². The van der Waals surface area contributed by atoms with Crippen LogP contribution in [0.2, 0.25) is 0 Å². The monoisotopic (exact) mass is 559 g/mol. The maximum atomic E-state index is 13.9. The zero-order valence-corrected chi connectivity index (χ0v) is 22.9. The number of aliphatic hydroxyl groups excluding tert-OH is 1. The van der Waals surface area contributed by atoms with Crippen LogP contribution in [0.5, 0.6) is 11.6 Å². The molecule has 0 spiro atoms. The van der Waals surface area contributed by atoms with Crippen molar-refractivity contribution >= 4 is 31.6 Å². The first-order valence-corrected chi connectivity index (χ1v) is 14.4. The molecule has 1 aliphatic carbocycles. The van der Waals surface area contributed by atoms with Gasteiger partial charge in [0.1, 0.15) is 23.5 Å². The zero-order valence-electron chi connectivity index (χ0n) is 22.0. The van der Waals surface area contributed by atoms with E-state index in [0.717, 1.165) is 32.1 Å². The van der Waals surface area contributed by atoms with Gasteiger partial charge in [0.25, 0.3) is 0 Å². The van der Waals surface area contributed by atoms with Crippen molar-refractivity contribution in [2.75, 3.05) is 19.5 Å². The minimum Gasteiger partial charge on any atom is -0.479 e. The quantitative estimate of drug-likeness (QED) is 0.246. The van der Waals surface area contributed by atoms with Crippen LogP contribution in [0.4, 0.5) is 5.95 Å². The second kappa shape index (κ2) is 11.2. The summed E-state index contributed by atoms with van der Waals surface area (Å²) in [5, 5.41) is 14.4. The smallest absolute Gasteiger partial charge is 0.459 e. The number of aromatic nitrogens is 4. The average molecular weight is 560 g/mol. The number of benzene rings is 1. The second-order valence-electron chi connectivity index (χ2n) is 9.93. The van der Waals surface area contributed by atoms with Gasteiger partial charge in [-0.3, -0.25) is 14.1 Å². The Morgan fingerprint density at radius 1 is 1.28 bits per heavy atom. The minimum atomic E-state index is -3.84. The van der Waals surface area contributed by atoms with Gasteiger partial charge >= 0.3 is 7.75 Å². The molecule has 1 saturated carbocycles. The van der Waals surface area contributed by atoms with Crippen LogP contribution in [0.1, 0.15) is 45.3 Å². The number of anilines is 1. The summed E-state index contributed by atoms with van der Waals surface area (Å²) in [4.78, 5) is 16.9. The molecule has 3 heterocycles. The summed E-state index contributed by atoms with van der Waals surface area (Å²) < 4.78 is 38.9. The topological polar surface area (TPSA) is 168 Å². The third-order valence-corrected chi connectivity index (χ3v) is 8.89. The second-order valence-corrected chi connectivity index (χ2v) is 11.6. The summed E-state index contributed by atoms with van der Waals surface area (Å²) in [6.45, 7) is 5.16. The number of para-hydroxylation sites is 1. The highest BCUT2D eigenvalue weighted by Crippen LogP contribution is 2.48. The summed E-state index contributed by atoms with van der Waals surface area (Å²) in [6.07, 6.45) is 3.47. The van der Waals surface area contributed by atoms with E-state index in [4.69, 9.17) is 24.3 Å². The summed E-state index contributed by atoms with van der Waals surface area (Å²) in [5.74, 6) is 0.597. The summed E-state index contributed by atoms with van der Waals surface area (Å²) in [5.41, 5.74) is 5.36. The number of nitrogens with zero attached hydrogens (tertiary/aromatic N) is 5. The molecule has 3 aromatic rings. The maximum Gasteiger partial charge on any atom is 0.459 e. The van der Waals surface area contributed by atoms with Gasteiger partial charge in [0, 0.05) is 6.04 Å². The van der Waals surface area contributed by atoms with Crippen molar-refractivity contribution in [2.24, 2.45) is 4.99 Å². The fraction of sp³-hybridized carbons (Fsp3) is 0.520. The van der Waals surface area contributed by atoms with Crippen LogP contribution in [0, 0.1) is 0 Å². The minimum absolute atomic E-state index is 0.00647. The normalized spacial score (nSPS) is 27.3. The van der Waals surface area contributed by atoms with Crippen molar-refractivity contribution in [3.8, 4) is 11.6 Å². The number of ether oxygens (including phenoxy) is 2. The van der Waals surface area contributed by atoms with E-state index in [9.17, 15) is 9.67 Å². The van der Waals surface area contributed by atoms with Crippen LogP contribution < -0.4 is 20.1 Å². The molecule has 2 fully saturated rings. The third kappa shape index (κ3) is 5.50. The van der Waals surface area contributed by atoms with Crippen LogP contribution >= 0.6 is 7.75 Å². The van der Waals surface area contributed by atoms with Crippen LogP contribution in [0.3, 0.4) is 0 Å². The van der Waals surface area contributed by atoms with E-state index in [1.165, 1.54) is 13.4 Å². The van der Waals surface area contributed by atoms with Crippen molar-refractivity contribution in [2.45, 2.75) is 69.0 Å². The maximum absolute atomic E-state index is 13.9. The van der Waals surface area contributed by atoms with Crippen LogP contribution in [0.25, 0.3) is 11.2 Å². The number of nitrogen functional groups attached to an aromatic ring is 1. The molecule has 0 amide bonds. The Labute approximate surface area is 226 Å². The lowest BCUT2D eigenvalue weighted by Gasteiger charge is -2.29. The molecule has 210 valence electrons. The number of aliphatic imine (C=N–C) groups is 1. The summed E-state index contributed by atoms with van der Waals surface area (Å²) in [6, 6.07) is 8.83. The lowest BCUT2D eigenvalue weighted by atomic mass is 9.93. The van der Waals surface area contributed by atoms with Gasteiger partial charge in [-0.25, -0.2) is 14.6 Å². The molecule has 1 unspecified atom stereocenters. The highest BCUT2D eigenvalue weighted by molar-refractivity contribution is 7.52. The lowest BCUT2D eigenvalue weighted by Crippen LogP contribution is -2.43. The molecule has 5 rings (SSSR count). The molecule has 5 atom stereocenters. The number of aliphatic hydroxyl groups is 1. The van der Waals surface area contributed by atoms with Crippen LogP contribution in [-0.2, 0) is 13.8 Å². The van der Waals surface area contributed by atoms with Crippen molar-refractivity contribution in [3.63, 3.8) is 0 Å². The van der Waals surface area contributed by atoms with Crippen molar-refractivity contribution < 1.29 is 28.2 Å². The van der Waals surface area contributed by atoms with Crippen molar-refractivity contribution in [3.05, 3.63) is 36.7 Å². The molecule has 0 radical (unpaired) electrons. The number of rotatable bonds is 10. The number of fused-ring (bicyclic) bond motifs is 1. The average Bonchev–Trinajstić information content (AvgIpc) is 3.46. The molecule has 1 saturated heterocycles. The molecular formula is C25H34N7O6P. The van der Waals surface area contributed by atoms with Gasteiger partial charge in [-0.2, -0.15) is 9.97 Å². The number of hydrogen-bond acceptors (Lipinski definition) is 11. The Morgan fingerprint density at radius 3 is 2.72 bits per heavy atom. The molecule has 13 nitrogen and oxygen atoms in total. The number of hydrogen-bond donors (Lipinski definition) is 3. The molecule has 4 N–H and O–H groups in total. The Hall–Kier alpha value is -3.09. The fourth-order valence-electron chi connectivity index (χ4n) is 5.11. The van der Waals surface area contributed by atoms with Gasteiger partial charge < -0.3 is 24.8 Å². The highest BCUT2D eigenvalue weighted by Gasteiger charge is 2.55. The SMILES string of the molecule is C=N[C@]1(C)[C@H](O)[C@@H](COP(=O)(NC2CCCCC2)Oc2ccccc2)O[C@H]1n1cnc2c(OC)nc(N)nc21. The predicted molar refractivity (Wildman–Crippen MR) is 145 cm³/mol. The highest BCUT2D eigenvalue weighted by atomic mass is 31.2. The van der Waals surface area contributed by atoms with E-state index in [1.54, 1.807) is 35.8 Å². The first-order chi connectivity index (χ1) is 18.8. The van der Waals surface area contributed by atoms with E-state index < -0.39 is 31.7 Å². The lowest BCUT2D eigenvalue weighted by molar-refractivity contribution is -0.0423. The molecule has 2 aliphatic rings. The van der Waals surface area contributed by atoms with Crippen LogP contribution in [0.15, 0.2) is 41.7 Å². The number of nitrogens with one attached hydrogen (secondary N) is 1.